The molecular weight excluding hydrogens is 234 g/mol. The summed E-state index contributed by atoms with van der Waals surface area (Å²) in [5.74, 6) is -0.949. The lowest BCUT2D eigenvalue weighted by Gasteiger charge is -2.04. The number of fused-ring (bicyclic) bond motifs is 1. The number of aliphatic hydroxyl groups is 1. The van der Waals surface area contributed by atoms with Gasteiger partial charge in [0, 0.05) is 5.56 Å². The molecule has 6 heteroatoms. The molecule has 1 aromatic carbocycles. The molecule has 1 unspecified atom stereocenters. The lowest BCUT2D eigenvalue weighted by atomic mass is 10.1. The van der Waals surface area contributed by atoms with Crippen LogP contribution < -0.4 is 0 Å². The molecule has 0 aliphatic rings. The molecule has 0 fully saturated rings. The summed E-state index contributed by atoms with van der Waals surface area (Å²) in [6.07, 6.45) is -1.63. The first kappa shape index (κ1) is 10.9. The van der Waals surface area contributed by atoms with Crippen molar-refractivity contribution in [1.82, 2.24) is 4.98 Å². The zero-order chi connectivity index (χ0) is 11.7. The second kappa shape index (κ2) is 4.11. The summed E-state index contributed by atoms with van der Waals surface area (Å²) < 4.78 is 5.25. The zero-order valence-corrected chi connectivity index (χ0v) is 8.81. The fourth-order valence-electron chi connectivity index (χ4n) is 1.42. The Hall–Kier alpha value is -1.59. The summed E-state index contributed by atoms with van der Waals surface area (Å²) in [6, 6.07) is 4.74. The number of rotatable bonds is 3. The van der Waals surface area contributed by atoms with Crippen LogP contribution in [-0.4, -0.2) is 21.2 Å². The molecule has 0 aliphatic heterocycles. The van der Waals surface area contributed by atoms with Crippen molar-refractivity contribution in [1.29, 1.82) is 0 Å². The molecule has 84 valence electrons. The second-order valence-electron chi connectivity index (χ2n) is 3.18. The summed E-state index contributed by atoms with van der Waals surface area (Å²) in [5.41, 5.74) is 0.912. The highest BCUT2D eigenvalue weighted by atomic mass is 35.5. The number of hydrogen-bond acceptors (Lipinski definition) is 4. The van der Waals surface area contributed by atoms with E-state index in [0.717, 1.165) is 0 Å². The Kier molecular flexibility index (Phi) is 2.80. The van der Waals surface area contributed by atoms with Gasteiger partial charge >= 0.3 is 5.97 Å². The van der Waals surface area contributed by atoms with Gasteiger partial charge in [-0.15, -0.1) is 11.6 Å². The van der Waals surface area contributed by atoms with E-state index < -0.39 is 12.1 Å². The lowest BCUT2D eigenvalue weighted by molar-refractivity contribution is -0.146. The molecule has 0 saturated heterocycles. The number of alkyl halides is 1. The monoisotopic (exact) mass is 241 g/mol. The first-order valence-electron chi connectivity index (χ1n) is 4.48. The van der Waals surface area contributed by atoms with Crippen molar-refractivity contribution in [2.45, 2.75) is 12.0 Å². The van der Waals surface area contributed by atoms with Gasteiger partial charge in [0.2, 0.25) is 5.89 Å². The van der Waals surface area contributed by atoms with Crippen molar-refractivity contribution in [2.75, 3.05) is 0 Å². The first-order valence-corrected chi connectivity index (χ1v) is 5.02. The second-order valence-corrected chi connectivity index (χ2v) is 3.44. The van der Waals surface area contributed by atoms with Crippen LogP contribution in [0.2, 0.25) is 0 Å². The third kappa shape index (κ3) is 1.75. The predicted molar refractivity (Wildman–Crippen MR) is 56.2 cm³/mol. The Morgan fingerprint density at radius 3 is 2.94 bits per heavy atom. The van der Waals surface area contributed by atoms with Crippen LogP contribution in [0, 0.1) is 0 Å². The maximum Gasteiger partial charge on any atom is 0.337 e. The predicted octanol–water partition coefficient (Wildman–Crippen LogP) is 1.68. The van der Waals surface area contributed by atoms with Gasteiger partial charge in [0.25, 0.3) is 0 Å². The van der Waals surface area contributed by atoms with Gasteiger partial charge in [0.05, 0.1) is 5.88 Å². The minimum absolute atomic E-state index is 0.0945. The number of carbonyl (C=O) groups is 1. The first-order chi connectivity index (χ1) is 7.63. The molecule has 0 amide bonds. The fourth-order valence-corrected chi connectivity index (χ4v) is 1.54. The van der Waals surface area contributed by atoms with Crippen LogP contribution in [0.25, 0.3) is 11.1 Å². The topological polar surface area (TPSA) is 83.6 Å². The van der Waals surface area contributed by atoms with Gasteiger partial charge in [-0.3, -0.25) is 0 Å². The van der Waals surface area contributed by atoms with Crippen LogP contribution >= 0.6 is 11.6 Å². The molecule has 2 rings (SSSR count). The van der Waals surface area contributed by atoms with Gasteiger partial charge in [-0.25, -0.2) is 9.78 Å². The number of halogens is 1. The molecule has 16 heavy (non-hydrogen) atoms. The standard InChI is InChI=1S/C10H8ClNO4/c11-4-7-12-6-3-1-2-5(9(6)16-7)8(13)10(14)15/h1-3,8,13H,4H2,(H,14,15). The Morgan fingerprint density at radius 2 is 2.31 bits per heavy atom. The molecular formula is C10H8ClNO4. The SMILES string of the molecule is O=C(O)C(O)c1cccc2nc(CCl)oc12. The molecule has 1 atom stereocenters. The third-order valence-corrected chi connectivity index (χ3v) is 2.36. The van der Waals surface area contributed by atoms with Gasteiger partial charge < -0.3 is 14.6 Å². The van der Waals surface area contributed by atoms with E-state index in [1.165, 1.54) is 6.07 Å². The van der Waals surface area contributed by atoms with E-state index in [1.807, 2.05) is 0 Å². The van der Waals surface area contributed by atoms with E-state index in [1.54, 1.807) is 12.1 Å². The van der Waals surface area contributed by atoms with Crippen molar-refractivity contribution in [3.8, 4) is 0 Å². The summed E-state index contributed by atoms with van der Waals surface area (Å²) in [7, 11) is 0. The Labute approximate surface area is 95.3 Å². The van der Waals surface area contributed by atoms with Gasteiger partial charge in [-0.1, -0.05) is 12.1 Å². The van der Waals surface area contributed by atoms with E-state index in [0.29, 0.717) is 11.4 Å². The Balaban J connectivity index is 2.60. The molecule has 0 radical (unpaired) electrons. The highest BCUT2D eigenvalue weighted by Crippen LogP contribution is 2.25. The van der Waals surface area contributed by atoms with E-state index in [2.05, 4.69) is 4.98 Å². The van der Waals surface area contributed by atoms with Crippen LogP contribution in [0.5, 0.6) is 0 Å². The smallest absolute Gasteiger partial charge is 0.337 e. The molecule has 0 spiro atoms. The number of nitrogens with zero attached hydrogens (tertiary/aromatic N) is 1. The maximum absolute atomic E-state index is 10.7. The number of oxazole rings is 1. The summed E-state index contributed by atoms with van der Waals surface area (Å²) in [4.78, 5) is 14.7. The number of aromatic nitrogens is 1. The average Bonchev–Trinajstić information content (AvgIpc) is 2.70. The van der Waals surface area contributed by atoms with Crippen LogP contribution in [0.1, 0.15) is 17.6 Å². The van der Waals surface area contributed by atoms with Crippen molar-refractivity contribution in [2.24, 2.45) is 0 Å². The normalized spacial score (nSPS) is 12.9. The number of aliphatic carboxylic acids is 1. The molecule has 2 N–H and O–H groups in total. The molecule has 0 aliphatic carbocycles. The van der Waals surface area contributed by atoms with Gasteiger partial charge in [0.15, 0.2) is 11.7 Å². The van der Waals surface area contributed by atoms with Crippen LogP contribution in [0.4, 0.5) is 0 Å². The third-order valence-electron chi connectivity index (χ3n) is 2.13. The van der Waals surface area contributed by atoms with E-state index in [9.17, 15) is 9.90 Å². The van der Waals surface area contributed by atoms with Crippen molar-refractivity contribution < 1.29 is 19.4 Å². The number of carboxylic acids is 1. The molecule has 0 saturated carbocycles. The summed E-state index contributed by atoms with van der Waals surface area (Å²) >= 11 is 5.56. The zero-order valence-electron chi connectivity index (χ0n) is 8.05. The Bertz CT molecular complexity index is 537. The number of carboxylic acid groups (broad SMARTS) is 1. The van der Waals surface area contributed by atoms with Gasteiger partial charge in [0.1, 0.15) is 5.52 Å². The van der Waals surface area contributed by atoms with Crippen molar-refractivity contribution in [3.63, 3.8) is 0 Å². The largest absolute Gasteiger partial charge is 0.479 e. The molecule has 1 aromatic heterocycles. The molecule has 2 aromatic rings. The van der Waals surface area contributed by atoms with Crippen LogP contribution in [0.15, 0.2) is 22.6 Å². The van der Waals surface area contributed by atoms with Gasteiger partial charge in [-0.2, -0.15) is 0 Å². The quantitative estimate of drug-likeness (QED) is 0.799. The molecule has 0 bridgehead atoms. The van der Waals surface area contributed by atoms with E-state index >= 15 is 0 Å². The lowest BCUT2D eigenvalue weighted by Crippen LogP contribution is -2.10. The number of para-hydroxylation sites is 1. The van der Waals surface area contributed by atoms with E-state index in [-0.39, 0.29) is 17.0 Å². The minimum Gasteiger partial charge on any atom is -0.479 e. The van der Waals surface area contributed by atoms with Crippen molar-refractivity contribution >= 4 is 28.7 Å². The number of benzene rings is 1. The Morgan fingerprint density at radius 1 is 1.56 bits per heavy atom. The van der Waals surface area contributed by atoms with Crippen molar-refractivity contribution in [3.05, 3.63) is 29.7 Å². The summed E-state index contributed by atoms with van der Waals surface area (Å²) in [5, 5.41) is 18.2. The van der Waals surface area contributed by atoms with E-state index in [4.69, 9.17) is 21.1 Å². The fraction of sp³-hybridized carbons (Fsp3) is 0.200. The number of aliphatic hydroxyl groups excluding tert-OH is 1. The van der Waals surface area contributed by atoms with Crippen LogP contribution in [-0.2, 0) is 10.7 Å². The summed E-state index contributed by atoms with van der Waals surface area (Å²) in [6.45, 7) is 0. The van der Waals surface area contributed by atoms with Gasteiger partial charge in [-0.05, 0) is 6.07 Å². The maximum atomic E-state index is 10.7. The minimum atomic E-state index is -1.63. The van der Waals surface area contributed by atoms with Crippen LogP contribution in [0.3, 0.4) is 0 Å². The highest BCUT2D eigenvalue weighted by Gasteiger charge is 2.21. The molecule has 5 nitrogen and oxygen atoms in total. The average molecular weight is 242 g/mol. The highest BCUT2D eigenvalue weighted by molar-refractivity contribution is 6.16. The molecule has 1 heterocycles. The number of hydrogen-bond donors (Lipinski definition) is 2.